The molecule has 45 heavy (non-hydrogen) atoms. The monoisotopic (exact) mass is 632 g/mol. The number of anilines is 2. The van der Waals surface area contributed by atoms with E-state index < -0.39 is 58.5 Å². The van der Waals surface area contributed by atoms with E-state index in [1.54, 1.807) is 26.0 Å². The van der Waals surface area contributed by atoms with Crippen LogP contribution in [0.5, 0.6) is 0 Å². The van der Waals surface area contributed by atoms with E-state index in [4.69, 9.17) is 0 Å². The zero-order valence-corrected chi connectivity index (χ0v) is 25.4. The first-order valence-electron chi connectivity index (χ1n) is 14.8. The number of urea groups is 1. The number of carbonyl (C=O) groups is 4. The van der Waals surface area contributed by atoms with Crippen LogP contribution in [0.4, 0.5) is 33.7 Å². The van der Waals surface area contributed by atoms with Crippen molar-refractivity contribution in [3.05, 3.63) is 59.4 Å². The lowest BCUT2D eigenvalue weighted by Gasteiger charge is -2.44. The van der Waals surface area contributed by atoms with Gasteiger partial charge in [0.25, 0.3) is 11.8 Å². The Morgan fingerprint density at radius 1 is 1.04 bits per heavy atom. The summed E-state index contributed by atoms with van der Waals surface area (Å²) in [5, 5.41) is 6.57. The van der Waals surface area contributed by atoms with Crippen LogP contribution in [0, 0.1) is 11.7 Å². The predicted octanol–water partition coefficient (Wildman–Crippen LogP) is 3.78. The zero-order valence-electron chi connectivity index (χ0n) is 25.4. The minimum Gasteiger partial charge on any atom is -0.380 e. The van der Waals surface area contributed by atoms with Gasteiger partial charge in [0.15, 0.2) is 0 Å². The van der Waals surface area contributed by atoms with E-state index in [9.17, 15) is 36.7 Å². The van der Waals surface area contributed by atoms with Crippen molar-refractivity contribution in [2.24, 2.45) is 5.92 Å². The molecule has 0 saturated carbocycles. The highest BCUT2D eigenvalue weighted by atomic mass is 19.4. The minimum absolute atomic E-state index is 0.0830. The van der Waals surface area contributed by atoms with Crippen LogP contribution in [-0.2, 0) is 15.8 Å². The molecule has 1 atom stereocenters. The molecule has 2 aromatic rings. The number of nitrogens with zero attached hydrogens (tertiary/aromatic N) is 4. The summed E-state index contributed by atoms with van der Waals surface area (Å²) < 4.78 is 54.4. The fourth-order valence-electron chi connectivity index (χ4n) is 6.32. The number of hydrogen-bond donors (Lipinski definition) is 2. The van der Waals surface area contributed by atoms with Crippen molar-refractivity contribution in [3.8, 4) is 0 Å². The third-order valence-corrected chi connectivity index (χ3v) is 8.94. The Hall–Kier alpha value is -4.20. The van der Waals surface area contributed by atoms with Gasteiger partial charge in [-0.05, 0) is 61.2 Å². The summed E-state index contributed by atoms with van der Waals surface area (Å²) in [6, 6.07) is 7.56. The van der Waals surface area contributed by atoms with Crippen LogP contribution in [0.3, 0.4) is 0 Å². The van der Waals surface area contributed by atoms with Crippen molar-refractivity contribution >= 4 is 35.1 Å². The number of piperidine rings is 1. The van der Waals surface area contributed by atoms with Gasteiger partial charge in [0.2, 0.25) is 5.91 Å². The van der Waals surface area contributed by atoms with Crippen LogP contribution in [-0.4, -0.2) is 96.3 Å². The number of rotatable bonds is 7. The molecule has 1 spiro atoms. The van der Waals surface area contributed by atoms with E-state index in [-0.39, 0.29) is 31.8 Å². The maximum atomic E-state index is 14.5. The topological polar surface area (TPSA) is 105 Å². The molecule has 0 radical (unpaired) electrons. The van der Waals surface area contributed by atoms with E-state index in [0.29, 0.717) is 29.9 Å². The highest BCUT2D eigenvalue weighted by Crippen LogP contribution is 2.41. The van der Waals surface area contributed by atoms with E-state index in [0.717, 1.165) is 28.6 Å². The van der Waals surface area contributed by atoms with Gasteiger partial charge in [0, 0.05) is 51.6 Å². The minimum atomic E-state index is -4.79. The number of benzene rings is 2. The molecule has 3 aliphatic heterocycles. The average molecular weight is 633 g/mol. The molecule has 242 valence electrons. The number of likely N-dealkylation sites (tertiary alicyclic amines) is 1. The van der Waals surface area contributed by atoms with E-state index in [1.165, 1.54) is 23.9 Å². The van der Waals surface area contributed by atoms with Crippen molar-refractivity contribution in [1.29, 1.82) is 0 Å². The normalized spacial score (nSPS) is 19.3. The molecule has 0 bridgehead atoms. The average Bonchev–Trinajstić information content (AvgIpc) is 3.15. The van der Waals surface area contributed by atoms with Crippen LogP contribution in [0.2, 0.25) is 0 Å². The number of hydrogen-bond acceptors (Lipinski definition) is 6. The summed E-state index contributed by atoms with van der Waals surface area (Å²) >= 11 is 0. The smallest absolute Gasteiger partial charge is 0.380 e. The molecule has 5 rings (SSSR count). The molecule has 3 heterocycles. The molecular formula is C31H36F4N6O4. The van der Waals surface area contributed by atoms with Gasteiger partial charge >= 0.3 is 12.2 Å². The molecule has 3 aliphatic rings. The SMILES string of the molecule is CC(C)[C@H](C(=O)N1CCC2(CC1)C(=O)N(C)C(=O)N2c1ccc(NC2CNC2)cc1)N(C)C(=O)c1cc(C(F)(F)F)ccc1F. The number of likely N-dealkylation sites (N-methyl/N-ethyl adjacent to an activating group) is 2. The Morgan fingerprint density at radius 3 is 2.20 bits per heavy atom. The Balaban J connectivity index is 1.33. The van der Waals surface area contributed by atoms with Crippen molar-refractivity contribution in [3.63, 3.8) is 0 Å². The van der Waals surface area contributed by atoms with Crippen LogP contribution in [0.1, 0.15) is 42.6 Å². The molecule has 14 heteroatoms. The summed E-state index contributed by atoms with van der Waals surface area (Å²) in [6.07, 6.45) is -4.52. The second-order valence-corrected chi connectivity index (χ2v) is 12.2. The third kappa shape index (κ3) is 5.83. The number of carbonyl (C=O) groups excluding carboxylic acids is 4. The second kappa shape index (κ2) is 12.0. The van der Waals surface area contributed by atoms with Gasteiger partial charge < -0.3 is 20.4 Å². The van der Waals surface area contributed by atoms with Gasteiger partial charge in [0.05, 0.1) is 17.2 Å². The van der Waals surface area contributed by atoms with Crippen molar-refractivity contribution in [2.75, 3.05) is 50.5 Å². The maximum absolute atomic E-state index is 14.5. The van der Waals surface area contributed by atoms with Crippen molar-refractivity contribution < 1.29 is 36.7 Å². The van der Waals surface area contributed by atoms with Crippen LogP contribution < -0.4 is 15.5 Å². The summed E-state index contributed by atoms with van der Waals surface area (Å²) in [6.45, 7) is 5.23. The molecule has 10 nitrogen and oxygen atoms in total. The summed E-state index contributed by atoms with van der Waals surface area (Å²) in [4.78, 5) is 58.9. The lowest BCUT2D eigenvalue weighted by molar-refractivity contribution is -0.141. The van der Waals surface area contributed by atoms with E-state index in [2.05, 4.69) is 10.6 Å². The Morgan fingerprint density at radius 2 is 1.67 bits per heavy atom. The van der Waals surface area contributed by atoms with Gasteiger partial charge in [-0.2, -0.15) is 13.2 Å². The Labute approximate surface area is 258 Å². The number of nitrogens with one attached hydrogen (secondary N) is 2. The van der Waals surface area contributed by atoms with E-state index in [1.807, 2.05) is 12.1 Å². The first kappa shape index (κ1) is 32.2. The van der Waals surface area contributed by atoms with Crippen LogP contribution >= 0.6 is 0 Å². The fraction of sp³-hybridized carbons (Fsp3) is 0.484. The molecule has 3 saturated heterocycles. The number of amides is 5. The summed E-state index contributed by atoms with van der Waals surface area (Å²) in [5.41, 5.74) is -1.76. The highest BCUT2D eigenvalue weighted by molar-refractivity contribution is 6.16. The van der Waals surface area contributed by atoms with Gasteiger partial charge in [0.1, 0.15) is 17.4 Å². The molecule has 0 aromatic heterocycles. The van der Waals surface area contributed by atoms with Crippen LogP contribution in [0.15, 0.2) is 42.5 Å². The van der Waals surface area contributed by atoms with Crippen LogP contribution in [0.25, 0.3) is 0 Å². The third-order valence-electron chi connectivity index (χ3n) is 8.94. The maximum Gasteiger partial charge on any atom is 0.416 e. The quantitative estimate of drug-likeness (QED) is 0.356. The number of imide groups is 1. The standard InChI is InChI=1S/C31H36F4N6O4/c1-18(2)25(38(3)26(42)23-15-19(31(33,34)35)5-10-24(23)32)27(43)40-13-11-30(12-14-40)28(44)39(4)29(45)41(30)22-8-6-20(7-9-22)37-21-16-36-17-21/h5-10,15,18,21,25,36-37H,11-14,16-17H2,1-4H3/t25-/m1/s1. The first-order valence-corrected chi connectivity index (χ1v) is 14.8. The van der Waals surface area contributed by atoms with Gasteiger partial charge in [-0.15, -0.1) is 0 Å². The summed E-state index contributed by atoms with van der Waals surface area (Å²) in [7, 11) is 2.68. The zero-order chi connectivity index (χ0) is 32.8. The van der Waals surface area contributed by atoms with Crippen molar-refractivity contribution in [1.82, 2.24) is 20.0 Å². The lowest BCUT2D eigenvalue weighted by atomic mass is 9.85. The Bertz CT molecular complexity index is 1490. The first-order chi connectivity index (χ1) is 21.2. The number of halogens is 4. The van der Waals surface area contributed by atoms with Gasteiger partial charge in [-0.25, -0.2) is 9.18 Å². The van der Waals surface area contributed by atoms with E-state index >= 15 is 0 Å². The van der Waals surface area contributed by atoms with Crippen molar-refractivity contribution in [2.45, 2.75) is 50.5 Å². The molecule has 0 aliphatic carbocycles. The highest BCUT2D eigenvalue weighted by Gasteiger charge is 2.58. The molecule has 2 N–H and O–H groups in total. The molecule has 5 amide bonds. The predicted molar refractivity (Wildman–Crippen MR) is 158 cm³/mol. The van der Waals surface area contributed by atoms with Gasteiger partial charge in [-0.1, -0.05) is 13.8 Å². The second-order valence-electron chi connectivity index (χ2n) is 12.2. The number of alkyl halides is 3. The lowest BCUT2D eigenvalue weighted by Crippen LogP contribution is -2.60. The molecular weight excluding hydrogens is 596 g/mol. The fourth-order valence-corrected chi connectivity index (χ4v) is 6.32. The summed E-state index contributed by atoms with van der Waals surface area (Å²) in [5.74, 6) is -3.53. The Kier molecular flexibility index (Phi) is 8.55. The van der Waals surface area contributed by atoms with Gasteiger partial charge in [-0.3, -0.25) is 24.2 Å². The largest absolute Gasteiger partial charge is 0.416 e. The molecule has 2 aromatic carbocycles. The molecule has 3 fully saturated rings. The molecule has 0 unspecified atom stereocenters.